The van der Waals surface area contributed by atoms with Gasteiger partial charge < -0.3 is 9.15 Å². The third-order valence-electron chi connectivity index (χ3n) is 1.69. The molecular formula is C10H16O2. The van der Waals surface area contributed by atoms with E-state index in [2.05, 4.69) is 20.8 Å². The van der Waals surface area contributed by atoms with Gasteiger partial charge in [-0.1, -0.05) is 20.8 Å². The minimum atomic E-state index is 0.0893. The second-order valence-electron chi connectivity index (χ2n) is 3.95. The van der Waals surface area contributed by atoms with E-state index in [9.17, 15) is 0 Å². The molecule has 0 spiro atoms. The highest BCUT2D eigenvalue weighted by Crippen LogP contribution is 2.24. The van der Waals surface area contributed by atoms with Gasteiger partial charge in [0.25, 0.3) is 0 Å². The SMILES string of the molecule is COCc1ccc(C(C)(C)C)o1. The summed E-state index contributed by atoms with van der Waals surface area (Å²) in [5.41, 5.74) is 0.0893. The molecule has 0 N–H and O–H groups in total. The minimum absolute atomic E-state index is 0.0893. The fourth-order valence-electron chi connectivity index (χ4n) is 1.00. The molecule has 1 aromatic rings. The molecule has 0 atom stereocenters. The van der Waals surface area contributed by atoms with Crippen molar-refractivity contribution in [1.82, 2.24) is 0 Å². The summed E-state index contributed by atoms with van der Waals surface area (Å²) in [5, 5.41) is 0. The molecule has 0 unspecified atom stereocenters. The Labute approximate surface area is 73.5 Å². The smallest absolute Gasteiger partial charge is 0.129 e. The van der Waals surface area contributed by atoms with Gasteiger partial charge in [0.05, 0.1) is 0 Å². The van der Waals surface area contributed by atoms with E-state index in [0.29, 0.717) is 6.61 Å². The van der Waals surface area contributed by atoms with Gasteiger partial charge in [0.1, 0.15) is 18.1 Å². The molecule has 0 saturated heterocycles. The predicted molar refractivity (Wildman–Crippen MR) is 48.1 cm³/mol. The Bertz CT molecular complexity index is 243. The lowest BCUT2D eigenvalue weighted by atomic mass is 9.94. The number of hydrogen-bond donors (Lipinski definition) is 0. The highest BCUT2D eigenvalue weighted by molar-refractivity contribution is 5.13. The van der Waals surface area contributed by atoms with E-state index in [1.165, 1.54) is 0 Å². The quantitative estimate of drug-likeness (QED) is 0.677. The zero-order valence-electron chi connectivity index (χ0n) is 8.18. The zero-order chi connectivity index (χ0) is 9.19. The number of ether oxygens (including phenoxy) is 1. The fraction of sp³-hybridized carbons (Fsp3) is 0.600. The molecule has 0 radical (unpaired) electrons. The Balaban J connectivity index is 2.77. The lowest BCUT2D eigenvalue weighted by molar-refractivity contribution is 0.160. The number of hydrogen-bond acceptors (Lipinski definition) is 2. The first-order valence-electron chi connectivity index (χ1n) is 4.12. The van der Waals surface area contributed by atoms with Gasteiger partial charge in [0.15, 0.2) is 0 Å². The molecule has 0 bridgehead atoms. The molecule has 68 valence electrons. The van der Waals surface area contributed by atoms with Crippen LogP contribution in [0.2, 0.25) is 0 Å². The van der Waals surface area contributed by atoms with E-state index < -0.39 is 0 Å². The van der Waals surface area contributed by atoms with Crippen molar-refractivity contribution < 1.29 is 9.15 Å². The molecule has 0 aliphatic rings. The highest BCUT2D eigenvalue weighted by Gasteiger charge is 2.17. The second kappa shape index (κ2) is 3.31. The summed E-state index contributed by atoms with van der Waals surface area (Å²) in [4.78, 5) is 0. The van der Waals surface area contributed by atoms with E-state index in [4.69, 9.17) is 9.15 Å². The first-order valence-corrected chi connectivity index (χ1v) is 4.12. The normalized spacial score (nSPS) is 12.0. The van der Waals surface area contributed by atoms with Crippen LogP contribution < -0.4 is 0 Å². The van der Waals surface area contributed by atoms with Gasteiger partial charge in [-0.05, 0) is 12.1 Å². The summed E-state index contributed by atoms with van der Waals surface area (Å²) in [6.45, 7) is 6.93. The van der Waals surface area contributed by atoms with E-state index >= 15 is 0 Å². The average molecular weight is 168 g/mol. The van der Waals surface area contributed by atoms with E-state index in [1.807, 2.05) is 12.1 Å². The zero-order valence-corrected chi connectivity index (χ0v) is 8.18. The number of rotatable bonds is 2. The molecule has 12 heavy (non-hydrogen) atoms. The van der Waals surface area contributed by atoms with Crippen LogP contribution in [0.25, 0.3) is 0 Å². The standard InChI is InChI=1S/C10H16O2/c1-10(2,3)9-6-5-8(12-9)7-11-4/h5-6H,7H2,1-4H3. The first-order chi connectivity index (χ1) is 5.54. The monoisotopic (exact) mass is 168 g/mol. The van der Waals surface area contributed by atoms with E-state index in [0.717, 1.165) is 11.5 Å². The van der Waals surface area contributed by atoms with Gasteiger partial charge in [0, 0.05) is 12.5 Å². The summed E-state index contributed by atoms with van der Waals surface area (Å²) in [7, 11) is 1.67. The molecule has 0 aliphatic carbocycles. The largest absolute Gasteiger partial charge is 0.463 e. The van der Waals surface area contributed by atoms with Crippen molar-refractivity contribution in [3.8, 4) is 0 Å². The van der Waals surface area contributed by atoms with Crippen LogP contribution in [-0.4, -0.2) is 7.11 Å². The van der Waals surface area contributed by atoms with Crippen molar-refractivity contribution in [1.29, 1.82) is 0 Å². The Morgan fingerprint density at radius 2 is 2.00 bits per heavy atom. The van der Waals surface area contributed by atoms with Crippen LogP contribution in [0.4, 0.5) is 0 Å². The minimum Gasteiger partial charge on any atom is -0.463 e. The molecule has 1 heterocycles. The van der Waals surface area contributed by atoms with Gasteiger partial charge in [0.2, 0.25) is 0 Å². The van der Waals surface area contributed by atoms with E-state index in [-0.39, 0.29) is 5.41 Å². The molecule has 0 saturated carbocycles. The third-order valence-corrected chi connectivity index (χ3v) is 1.69. The molecule has 0 fully saturated rings. The first kappa shape index (κ1) is 9.33. The van der Waals surface area contributed by atoms with Gasteiger partial charge in [-0.15, -0.1) is 0 Å². The molecule has 2 heteroatoms. The van der Waals surface area contributed by atoms with E-state index in [1.54, 1.807) is 7.11 Å². The summed E-state index contributed by atoms with van der Waals surface area (Å²) < 4.78 is 10.5. The van der Waals surface area contributed by atoms with Crippen LogP contribution in [0.1, 0.15) is 32.3 Å². The summed E-state index contributed by atoms with van der Waals surface area (Å²) in [6, 6.07) is 3.97. The molecule has 0 aliphatic heterocycles. The van der Waals surface area contributed by atoms with Gasteiger partial charge >= 0.3 is 0 Å². The topological polar surface area (TPSA) is 22.4 Å². The Kier molecular flexibility index (Phi) is 2.58. The van der Waals surface area contributed by atoms with Crippen LogP contribution in [0.3, 0.4) is 0 Å². The van der Waals surface area contributed by atoms with Crippen LogP contribution in [0.5, 0.6) is 0 Å². The third kappa shape index (κ3) is 2.11. The van der Waals surface area contributed by atoms with Crippen molar-refractivity contribution in [2.45, 2.75) is 32.8 Å². The summed E-state index contributed by atoms with van der Waals surface area (Å²) in [5.74, 6) is 1.90. The molecule has 1 rings (SSSR count). The number of furan rings is 1. The molecule has 0 amide bonds. The van der Waals surface area contributed by atoms with Gasteiger partial charge in [-0.25, -0.2) is 0 Å². The maximum atomic E-state index is 5.56. The molecule has 0 aromatic carbocycles. The molecule has 1 aromatic heterocycles. The van der Waals surface area contributed by atoms with Crippen LogP contribution in [0.15, 0.2) is 16.5 Å². The summed E-state index contributed by atoms with van der Waals surface area (Å²) >= 11 is 0. The number of methoxy groups -OCH3 is 1. The molecular weight excluding hydrogens is 152 g/mol. The van der Waals surface area contributed by atoms with Crippen molar-refractivity contribution >= 4 is 0 Å². The van der Waals surface area contributed by atoms with Gasteiger partial charge in [-0.2, -0.15) is 0 Å². The fourth-order valence-corrected chi connectivity index (χ4v) is 1.00. The molecule has 2 nitrogen and oxygen atoms in total. The Morgan fingerprint density at radius 3 is 2.42 bits per heavy atom. The maximum absolute atomic E-state index is 5.56. The van der Waals surface area contributed by atoms with Crippen LogP contribution >= 0.6 is 0 Å². The van der Waals surface area contributed by atoms with Crippen molar-refractivity contribution in [3.05, 3.63) is 23.7 Å². The maximum Gasteiger partial charge on any atom is 0.129 e. The summed E-state index contributed by atoms with van der Waals surface area (Å²) in [6.07, 6.45) is 0. The van der Waals surface area contributed by atoms with Crippen molar-refractivity contribution in [3.63, 3.8) is 0 Å². The van der Waals surface area contributed by atoms with Crippen LogP contribution in [0, 0.1) is 0 Å². The second-order valence-corrected chi connectivity index (χ2v) is 3.95. The van der Waals surface area contributed by atoms with Crippen molar-refractivity contribution in [2.75, 3.05) is 7.11 Å². The van der Waals surface area contributed by atoms with Crippen LogP contribution in [-0.2, 0) is 16.8 Å². The Morgan fingerprint density at radius 1 is 1.33 bits per heavy atom. The van der Waals surface area contributed by atoms with Gasteiger partial charge in [-0.3, -0.25) is 0 Å². The average Bonchev–Trinajstić information content (AvgIpc) is 2.35. The Hall–Kier alpha value is -0.760. The lowest BCUT2D eigenvalue weighted by Crippen LogP contribution is -2.09. The highest BCUT2D eigenvalue weighted by atomic mass is 16.5. The lowest BCUT2D eigenvalue weighted by Gasteiger charge is -2.13. The predicted octanol–water partition coefficient (Wildman–Crippen LogP) is 2.72. The van der Waals surface area contributed by atoms with Crippen molar-refractivity contribution in [2.24, 2.45) is 0 Å².